The van der Waals surface area contributed by atoms with Crippen molar-refractivity contribution in [3.63, 3.8) is 0 Å². The SMILES string of the molecule is Cc1c(C(=O)NC2(C(F)(F)F)CC2)csc1S(=O)(=O)Cl. The fourth-order valence-electron chi connectivity index (χ4n) is 1.75. The third-order valence-corrected chi connectivity index (χ3v) is 6.41. The molecule has 0 atom stereocenters. The Balaban J connectivity index is 2.26. The molecule has 1 N–H and O–H groups in total. The number of rotatable bonds is 3. The average molecular weight is 348 g/mol. The van der Waals surface area contributed by atoms with Gasteiger partial charge in [-0.25, -0.2) is 8.42 Å². The summed E-state index contributed by atoms with van der Waals surface area (Å²) in [6.07, 6.45) is -4.87. The number of alkyl halides is 3. The average Bonchev–Trinajstić information content (AvgIpc) is 2.92. The largest absolute Gasteiger partial charge is 0.411 e. The Labute approximate surface area is 121 Å². The van der Waals surface area contributed by atoms with Crippen LogP contribution in [0.3, 0.4) is 0 Å². The molecule has 0 bridgehead atoms. The number of carbonyl (C=O) groups is 1. The first-order chi connectivity index (χ1) is 8.98. The predicted molar refractivity (Wildman–Crippen MR) is 67.6 cm³/mol. The fourth-order valence-corrected chi connectivity index (χ4v) is 4.30. The van der Waals surface area contributed by atoms with E-state index in [4.69, 9.17) is 10.7 Å². The Morgan fingerprint density at radius 3 is 2.35 bits per heavy atom. The summed E-state index contributed by atoms with van der Waals surface area (Å²) in [6.45, 7) is 1.33. The van der Waals surface area contributed by atoms with Gasteiger partial charge in [-0.3, -0.25) is 4.79 Å². The van der Waals surface area contributed by atoms with Crippen LogP contribution in [0.5, 0.6) is 0 Å². The molecule has 1 aromatic heterocycles. The Hall–Kier alpha value is -0.800. The third kappa shape index (κ3) is 2.66. The summed E-state index contributed by atoms with van der Waals surface area (Å²) in [5.41, 5.74) is -2.23. The minimum atomic E-state index is -4.52. The van der Waals surface area contributed by atoms with Crippen LogP contribution in [0.4, 0.5) is 13.2 Å². The molecule has 0 spiro atoms. The molecule has 4 nitrogen and oxygen atoms in total. The standard InChI is InChI=1S/C10H9ClF3NO3S2/c1-5-6(4-19-8(5)20(11,17)18)7(16)15-9(2-3-9)10(12,13)14/h4H,2-3H2,1H3,(H,15,16). The van der Waals surface area contributed by atoms with Gasteiger partial charge in [0.25, 0.3) is 15.0 Å². The molecule has 2 rings (SSSR count). The van der Waals surface area contributed by atoms with Crippen molar-refractivity contribution in [1.82, 2.24) is 5.32 Å². The van der Waals surface area contributed by atoms with Crippen molar-refractivity contribution in [1.29, 1.82) is 0 Å². The molecule has 10 heteroatoms. The molecule has 0 aromatic carbocycles. The van der Waals surface area contributed by atoms with Gasteiger partial charge in [0, 0.05) is 16.1 Å². The number of amides is 1. The van der Waals surface area contributed by atoms with E-state index in [0.29, 0.717) is 11.3 Å². The van der Waals surface area contributed by atoms with Crippen molar-refractivity contribution in [2.75, 3.05) is 0 Å². The summed E-state index contributed by atoms with van der Waals surface area (Å²) in [5.74, 6) is -0.944. The predicted octanol–water partition coefficient (Wildman–Crippen LogP) is 2.81. The number of carbonyl (C=O) groups excluding carboxylic acids is 1. The Morgan fingerprint density at radius 2 is 2.00 bits per heavy atom. The lowest BCUT2D eigenvalue weighted by atomic mass is 10.2. The Morgan fingerprint density at radius 1 is 1.45 bits per heavy atom. The zero-order valence-electron chi connectivity index (χ0n) is 10.0. The summed E-state index contributed by atoms with van der Waals surface area (Å²) in [7, 11) is 1.16. The van der Waals surface area contributed by atoms with E-state index >= 15 is 0 Å². The van der Waals surface area contributed by atoms with Gasteiger partial charge in [-0.15, -0.1) is 11.3 Å². The first-order valence-electron chi connectivity index (χ1n) is 5.40. The summed E-state index contributed by atoms with van der Waals surface area (Å²) < 4.78 is 60.4. The van der Waals surface area contributed by atoms with E-state index in [0.717, 1.165) is 0 Å². The maximum atomic E-state index is 12.7. The van der Waals surface area contributed by atoms with Crippen LogP contribution in [-0.2, 0) is 9.05 Å². The van der Waals surface area contributed by atoms with Gasteiger partial charge in [0.05, 0.1) is 5.56 Å². The maximum Gasteiger partial charge on any atom is 0.411 e. The molecule has 0 radical (unpaired) electrons. The van der Waals surface area contributed by atoms with E-state index < -0.39 is 26.7 Å². The molecular formula is C10H9ClF3NO3S2. The Bertz CT molecular complexity index is 662. The number of halogens is 4. The highest BCUT2D eigenvalue weighted by Crippen LogP contribution is 2.49. The van der Waals surface area contributed by atoms with Gasteiger partial charge in [0.15, 0.2) is 0 Å². The lowest BCUT2D eigenvalue weighted by Gasteiger charge is -2.20. The minimum absolute atomic E-state index is 0.0560. The molecule has 1 fully saturated rings. The molecule has 112 valence electrons. The van der Waals surface area contributed by atoms with Crippen LogP contribution in [0.1, 0.15) is 28.8 Å². The lowest BCUT2D eigenvalue weighted by Crippen LogP contribution is -2.47. The fraction of sp³-hybridized carbons (Fsp3) is 0.500. The van der Waals surface area contributed by atoms with Gasteiger partial charge in [0.1, 0.15) is 9.75 Å². The van der Waals surface area contributed by atoms with Crippen molar-refractivity contribution in [2.24, 2.45) is 0 Å². The second kappa shape index (κ2) is 4.60. The van der Waals surface area contributed by atoms with Crippen molar-refractivity contribution < 1.29 is 26.4 Å². The molecule has 1 saturated carbocycles. The van der Waals surface area contributed by atoms with Crippen molar-refractivity contribution >= 4 is 37.0 Å². The zero-order valence-corrected chi connectivity index (χ0v) is 12.4. The van der Waals surface area contributed by atoms with Crippen molar-refractivity contribution in [3.8, 4) is 0 Å². The van der Waals surface area contributed by atoms with Crippen molar-refractivity contribution in [3.05, 3.63) is 16.5 Å². The number of nitrogens with one attached hydrogen (secondary N) is 1. The van der Waals surface area contributed by atoms with Crippen LogP contribution in [0.15, 0.2) is 9.59 Å². The van der Waals surface area contributed by atoms with Gasteiger partial charge >= 0.3 is 6.18 Å². The maximum absolute atomic E-state index is 12.7. The normalized spacial score (nSPS) is 17.9. The van der Waals surface area contributed by atoms with Crippen LogP contribution >= 0.6 is 22.0 Å². The molecule has 1 aliphatic carbocycles. The van der Waals surface area contributed by atoms with Gasteiger partial charge in [0.2, 0.25) is 0 Å². The highest BCUT2D eigenvalue weighted by atomic mass is 35.7. The third-order valence-electron chi connectivity index (χ3n) is 3.11. The molecule has 0 saturated heterocycles. The zero-order chi connectivity index (χ0) is 15.3. The van der Waals surface area contributed by atoms with E-state index in [1.807, 2.05) is 5.32 Å². The summed E-state index contributed by atoms with van der Waals surface area (Å²) in [5, 5.41) is 3.12. The quantitative estimate of drug-likeness (QED) is 0.855. The van der Waals surface area contributed by atoms with Crippen LogP contribution in [0.25, 0.3) is 0 Å². The highest BCUT2D eigenvalue weighted by molar-refractivity contribution is 8.15. The van der Waals surface area contributed by atoms with Crippen LogP contribution in [0, 0.1) is 6.92 Å². The minimum Gasteiger partial charge on any atom is -0.338 e. The number of hydrogen-bond acceptors (Lipinski definition) is 4. The van der Waals surface area contributed by atoms with E-state index in [1.54, 1.807) is 0 Å². The van der Waals surface area contributed by atoms with E-state index in [2.05, 4.69) is 0 Å². The number of hydrogen-bond donors (Lipinski definition) is 1. The smallest absolute Gasteiger partial charge is 0.338 e. The van der Waals surface area contributed by atoms with Gasteiger partial charge in [-0.2, -0.15) is 13.2 Å². The van der Waals surface area contributed by atoms with Gasteiger partial charge in [-0.05, 0) is 25.3 Å². The van der Waals surface area contributed by atoms with Crippen LogP contribution in [0.2, 0.25) is 0 Å². The molecular weight excluding hydrogens is 339 g/mol. The molecule has 0 aliphatic heterocycles. The van der Waals surface area contributed by atoms with Gasteiger partial charge < -0.3 is 5.32 Å². The molecule has 1 aliphatic rings. The van der Waals surface area contributed by atoms with E-state index in [1.165, 1.54) is 12.3 Å². The highest BCUT2D eigenvalue weighted by Gasteiger charge is 2.64. The molecule has 1 amide bonds. The van der Waals surface area contributed by atoms with E-state index in [-0.39, 0.29) is 28.2 Å². The molecule has 1 heterocycles. The monoisotopic (exact) mass is 347 g/mol. The summed E-state index contributed by atoms with van der Waals surface area (Å²) in [4.78, 5) is 11.9. The lowest BCUT2D eigenvalue weighted by molar-refractivity contribution is -0.163. The van der Waals surface area contributed by atoms with Gasteiger partial charge in [-0.1, -0.05) is 0 Å². The van der Waals surface area contributed by atoms with Crippen LogP contribution < -0.4 is 5.32 Å². The van der Waals surface area contributed by atoms with Crippen molar-refractivity contribution in [2.45, 2.75) is 35.7 Å². The molecule has 1 aromatic rings. The number of thiophene rings is 1. The second-order valence-corrected chi connectivity index (χ2v) is 8.17. The first-order valence-corrected chi connectivity index (χ1v) is 8.59. The molecule has 0 unspecified atom stereocenters. The second-order valence-electron chi connectivity index (χ2n) is 4.53. The Kier molecular flexibility index (Phi) is 3.59. The molecule has 20 heavy (non-hydrogen) atoms. The van der Waals surface area contributed by atoms with Crippen LogP contribution in [-0.4, -0.2) is 26.0 Å². The summed E-state index contributed by atoms with van der Waals surface area (Å²) in [6, 6.07) is 0. The topological polar surface area (TPSA) is 63.2 Å². The van der Waals surface area contributed by atoms with E-state index in [9.17, 15) is 26.4 Å². The first kappa shape index (κ1) is 15.6. The summed E-state index contributed by atoms with van der Waals surface area (Å²) >= 11 is 0.703.